The summed E-state index contributed by atoms with van der Waals surface area (Å²) in [7, 11) is 0. The third kappa shape index (κ3) is 6.10. The average Bonchev–Trinajstić information content (AvgIpc) is 3.27. The molecule has 11 heteroatoms. The van der Waals surface area contributed by atoms with Crippen molar-refractivity contribution >= 4 is 60.6 Å². The molecule has 0 aliphatic heterocycles. The zero-order valence-electron chi connectivity index (χ0n) is 18.9. The molecule has 0 saturated heterocycles. The molecule has 184 valence electrons. The van der Waals surface area contributed by atoms with Gasteiger partial charge in [-0.25, -0.2) is 5.43 Å². The van der Waals surface area contributed by atoms with E-state index in [-0.39, 0.29) is 18.1 Å². The van der Waals surface area contributed by atoms with Crippen LogP contribution in [0.2, 0.25) is 0 Å². The molecule has 0 bridgehead atoms. The van der Waals surface area contributed by atoms with Gasteiger partial charge in [0.1, 0.15) is 23.7 Å². The van der Waals surface area contributed by atoms with Gasteiger partial charge in [0.25, 0.3) is 5.69 Å². The maximum atomic E-state index is 12.5. The minimum Gasteiger partial charge on any atom is -0.494 e. The lowest BCUT2D eigenvalue weighted by atomic mass is 10.2. The topological polar surface area (TPSA) is 116 Å². The third-order valence-electron chi connectivity index (χ3n) is 4.93. The number of hydrogen-bond acceptors (Lipinski definition) is 7. The van der Waals surface area contributed by atoms with E-state index in [4.69, 9.17) is 13.9 Å². The van der Waals surface area contributed by atoms with Crippen LogP contribution in [0.5, 0.6) is 11.5 Å². The van der Waals surface area contributed by atoms with Crippen LogP contribution >= 0.6 is 31.9 Å². The molecule has 0 unspecified atom stereocenters. The second kappa shape index (κ2) is 11.4. The number of halogens is 2. The van der Waals surface area contributed by atoms with Crippen molar-refractivity contribution in [1.29, 1.82) is 0 Å². The van der Waals surface area contributed by atoms with Gasteiger partial charge >= 0.3 is 5.91 Å². The summed E-state index contributed by atoms with van der Waals surface area (Å²) in [6.07, 6.45) is 1.48. The van der Waals surface area contributed by atoms with Crippen molar-refractivity contribution in [1.82, 2.24) is 5.43 Å². The molecule has 1 N–H and O–H groups in total. The van der Waals surface area contributed by atoms with Crippen molar-refractivity contribution in [3.8, 4) is 11.5 Å². The van der Waals surface area contributed by atoms with Crippen LogP contribution < -0.4 is 14.9 Å². The Hall–Kier alpha value is -3.70. The van der Waals surface area contributed by atoms with Crippen LogP contribution in [0.1, 0.15) is 28.6 Å². The van der Waals surface area contributed by atoms with Gasteiger partial charge in [0.05, 0.1) is 26.7 Å². The predicted molar refractivity (Wildman–Crippen MR) is 142 cm³/mol. The van der Waals surface area contributed by atoms with Gasteiger partial charge in [-0.15, -0.1) is 0 Å². The summed E-state index contributed by atoms with van der Waals surface area (Å²) in [5.74, 6) is 0.860. The molecule has 3 aromatic carbocycles. The van der Waals surface area contributed by atoms with E-state index in [1.807, 2.05) is 6.92 Å². The first-order chi connectivity index (χ1) is 17.3. The van der Waals surface area contributed by atoms with Gasteiger partial charge in [-0.1, -0.05) is 12.1 Å². The van der Waals surface area contributed by atoms with E-state index in [1.165, 1.54) is 18.3 Å². The van der Waals surface area contributed by atoms with Crippen LogP contribution in [0.25, 0.3) is 11.0 Å². The van der Waals surface area contributed by atoms with Gasteiger partial charge in [-0.2, -0.15) is 5.10 Å². The van der Waals surface area contributed by atoms with E-state index in [0.717, 1.165) is 5.39 Å². The number of amides is 1. The number of carbonyl (C=O) groups excluding carboxylic acids is 1. The van der Waals surface area contributed by atoms with Crippen LogP contribution in [-0.4, -0.2) is 23.7 Å². The number of nitro groups is 1. The summed E-state index contributed by atoms with van der Waals surface area (Å²) in [6, 6.07) is 16.7. The second-order valence-corrected chi connectivity index (χ2v) is 9.18. The minimum atomic E-state index is -0.490. The number of hydrogen-bond donors (Lipinski definition) is 1. The first-order valence-corrected chi connectivity index (χ1v) is 12.3. The smallest absolute Gasteiger partial charge is 0.307 e. The number of furan rings is 1. The number of hydrazone groups is 1. The first-order valence-electron chi connectivity index (χ1n) is 10.7. The number of carbonyl (C=O) groups is 1. The maximum absolute atomic E-state index is 12.5. The van der Waals surface area contributed by atoms with Crippen LogP contribution in [-0.2, 0) is 6.61 Å². The van der Waals surface area contributed by atoms with Gasteiger partial charge in [0.15, 0.2) is 5.76 Å². The normalized spacial score (nSPS) is 11.1. The third-order valence-corrected chi connectivity index (χ3v) is 6.11. The lowest BCUT2D eigenvalue weighted by Gasteiger charge is -2.11. The first kappa shape index (κ1) is 25.4. The van der Waals surface area contributed by atoms with E-state index >= 15 is 0 Å². The monoisotopic (exact) mass is 615 g/mol. The second-order valence-electron chi connectivity index (χ2n) is 7.47. The molecule has 0 aliphatic carbocycles. The fourth-order valence-corrected chi connectivity index (χ4v) is 4.77. The zero-order valence-corrected chi connectivity index (χ0v) is 22.0. The van der Waals surface area contributed by atoms with Crippen molar-refractivity contribution in [2.24, 2.45) is 5.10 Å². The highest BCUT2D eigenvalue weighted by atomic mass is 79.9. The Morgan fingerprint density at radius 3 is 2.61 bits per heavy atom. The van der Waals surface area contributed by atoms with Crippen molar-refractivity contribution in [3.05, 3.63) is 96.6 Å². The number of non-ortho nitro benzene ring substituents is 1. The van der Waals surface area contributed by atoms with Gasteiger partial charge in [0.2, 0.25) is 0 Å². The molecule has 1 aromatic heterocycles. The Balaban J connectivity index is 1.40. The van der Waals surface area contributed by atoms with Crippen molar-refractivity contribution in [2.75, 3.05) is 6.61 Å². The van der Waals surface area contributed by atoms with E-state index < -0.39 is 10.8 Å². The summed E-state index contributed by atoms with van der Waals surface area (Å²) in [4.78, 5) is 23.0. The molecule has 36 heavy (non-hydrogen) atoms. The molecule has 0 radical (unpaired) electrons. The number of nitro benzene ring substituents is 1. The molecule has 4 rings (SSSR count). The predicted octanol–water partition coefficient (Wildman–Crippen LogP) is 6.61. The highest BCUT2D eigenvalue weighted by molar-refractivity contribution is 9.11. The number of nitrogens with zero attached hydrogens (tertiary/aromatic N) is 2. The molecule has 0 aliphatic rings. The number of rotatable bonds is 9. The fraction of sp³-hybridized carbons (Fsp3) is 0.120. The summed E-state index contributed by atoms with van der Waals surface area (Å²) in [5.41, 5.74) is 4.37. The van der Waals surface area contributed by atoms with Crippen molar-refractivity contribution < 1.29 is 23.6 Å². The van der Waals surface area contributed by atoms with E-state index in [9.17, 15) is 14.9 Å². The zero-order chi connectivity index (χ0) is 25.7. The molecular formula is C25H19Br2N3O6. The van der Waals surface area contributed by atoms with Gasteiger partial charge in [0, 0.05) is 17.5 Å². The molecule has 0 fully saturated rings. The number of ether oxygens (including phenoxy) is 2. The van der Waals surface area contributed by atoms with Crippen molar-refractivity contribution in [3.63, 3.8) is 0 Å². The van der Waals surface area contributed by atoms with Gasteiger partial charge in [-0.05, 0) is 86.3 Å². The molecular weight excluding hydrogens is 598 g/mol. The summed E-state index contributed by atoms with van der Waals surface area (Å²) in [6.45, 7) is 2.59. The van der Waals surface area contributed by atoms with Crippen LogP contribution in [0.4, 0.5) is 5.69 Å². The fourth-order valence-electron chi connectivity index (χ4n) is 3.32. The molecule has 1 amide bonds. The number of nitrogens with one attached hydrogen (secondary N) is 1. The van der Waals surface area contributed by atoms with Crippen LogP contribution in [0.15, 0.2) is 79.1 Å². The summed E-state index contributed by atoms with van der Waals surface area (Å²) in [5, 5.41) is 15.7. The lowest BCUT2D eigenvalue weighted by molar-refractivity contribution is -0.384. The van der Waals surface area contributed by atoms with Gasteiger partial charge in [-0.3, -0.25) is 14.9 Å². The Morgan fingerprint density at radius 2 is 1.89 bits per heavy atom. The molecule has 0 spiro atoms. The van der Waals surface area contributed by atoms with Crippen LogP contribution in [0.3, 0.4) is 0 Å². The summed E-state index contributed by atoms with van der Waals surface area (Å²) >= 11 is 6.93. The van der Waals surface area contributed by atoms with Crippen LogP contribution in [0, 0.1) is 10.1 Å². The number of fused-ring (bicyclic) bond motifs is 1. The largest absolute Gasteiger partial charge is 0.494 e. The Morgan fingerprint density at radius 1 is 1.11 bits per heavy atom. The Bertz CT molecular complexity index is 1440. The average molecular weight is 617 g/mol. The minimum absolute atomic E-state index is 0.000690. The highest BCUT2D eigenvalue weighted by Gasteiger charge is 2.13. The Labute approximate surface area is 222 Å². The SMILES string of the molecule is CCOc1ccc2oc(C(=O)N/N=C/c3cc(Br)c(OCc4cccc([N+](=O)[O-])c4)c(Br)c3)cc2c1. The Kier molecular flexibility index (Phi) is 8.01. The maximum Gasteiger partial charge on any atom is 0.307 e. The van der Waals surface area contributed by atoms with Crippen molar-refractivity contribution in [2.45, 2.75) is 13.5 Å². The molecule has 4 aromatic rings. The number of benzene rings is 3. The van der Waals surface area contributed by atoms with Gasteiger partial charge < -0.3 is 13.9 Å². The van der Waals surface area contributed by atoms with E-state index in [0.29, 0.717) is 43.8 Å². The lowest BCUT2D eigenvalue weighted by Crippen LogP contribution is -2.16. The quantitative estimate of drug-likeness (QED) is 0.129. The standard InChI is InChI=1S/C25H19Br2N3O6/c1-2-34-19-6-7-22-17(11-19)12-23(36-22)25(31)29-28-13-16-9-20(26)24(21(27)10-16)35-14-15-4-3-5-18(8-15)30(32)33/h3-13H,2,14H2,1H3,(H,29,31)/b28-13+. The van der Waals surface area contributed by atoms with E-state index in [2.05, 4.69) is 42.4 Å². The highest BCUT2D eigenvalue weighted by Crippen LogP contribution is 2.35. The van der Waals surface area contributed by atoms with E-state index in [1.54, 1.807) is 48.5 Å². The molecule has 0 saturated carbocycles. The molecule has 1 heterocycles. The molecule has 0 atom stereocenters. The summed E-state index contributed by atoms with van der Waals surface area (Å²) < 4.78 is 18.2. The molecule has 9 nitrogen and oxygen atoms in total.